The zero-order valence-electron chi connectivity index (χ0n) is 13.7. The third-order valence-corrected chi connectivity index (χ3v) is 4.89. The van der Waals surface area contributed by atoms with Crippen molar-refractivity contribution in [2.75, 3.05) is 0 Å². The van der Waals surface area contributed by atoms with Crippen molar-refractivity contribution in [3.63, 3.8) is 0 Å². The van der Waals surface area contributed by atoms with Crippen LogP contribution in [0.5, 0.6) is 5.75 Å². The van der Waals surface area contributed by atoms with Gasteiger partial charge in [-0.05, 0) is 44.0 Å². The van der Waals surface area contributed by atoms with Crippen LogP contribution in [0, 0.1) is 6.92 Å². The lowest BCUT2D eigenvalue weighted by atomic mass is 10.1. The smallest absolute Gasteiger partial charge is 0.265 e. The predicted molar refractivity (Wildman–Crippen MR) is 95.0 cm³/mol. The fraction of sp³-hybridized carbons (Fsp3) is 0.300. The molecule has 122 valence electrons. The number of hydrogen-bond acceptors (Lipinski definition) is 3. The summed E-state index contributed by atoms with van der Waals surface area (Å²) in [7, 11) is 0. The quantitative estimate of drug-likeness (QED) is 0.775. The summed E-state index contributed by atoms with van der Waals surface area (Å²) in [6, 6.07) is 12.8. The number of rotatable bonds is 2. The average Bonchev–Trinajstić information content (AvgIpc) is 3.10. The Morgan fingerprint density at radius 3 is 2.50 bits per heavy atom. The first-order valence-corrected chi connectivity index (χ1v) is 8.46. The third kappa shape index (κ3) is 2.48. The molecule has 1 N–H and O–H groups in total. The summed E-state index contributed by atoms with van der Waals surface area (Å²) < 4.78 is 1.76. The van der Waals surface area contributed by atoms with Crippen molar-refractivity contribution in [3.05, 3.63) is 64.2 Å². The first-order valence-electron chi connectivity index (χ1n) is 8.46. The standard InChI is InChI=1S/C20H20N2O2/c1-13-6-8-15(9-7-13)22-19(14-4-2-3-5-14)21-18-12-16(23)10-11-17(18)20(22)24/h6-12,14,23H,2-5H2,1H3. The van der Waals surface area contributed by atoms with Crippen LogP contribution in [0.2, 0.25) is 0 Å². The van der Waals surface area contributed by atoms with Crippen LogP contribution in [0.15, 0.2) is 47.3 Å². The molecule has 24 heavy (non-hydrogen) atoms. The van der Waals surface area contributed by atoms with Gasteiger partial charge in [0.1, 0.15) is 11.6 Å². The number of aromatic nitrogens is 2. The van der Waals surface area contributed by atoms with Crippen LogP contribution in [-0.4, -0.2) is 14.7 Å². The Balaban J connectivity index is 2.03. The van der Waals surface area contributed by atoms with Crippen LogP contribution < -0.4 is 5.56 Å². The van der Waals surface area contributed by atoms with Crippen LogP contribution in [0.25, 0.3) is 16.6 Å². The number of nitrogens with zero attached hydrogens (tertiary/aromatic N) is 2. The summed E-state index contributed by atoms with van der Waals surface area (Å²) in [6.07, 6.45) is 4.46. The summed E-state index contributed by atoms with van der Waals surface area (Å²) in [5.41, 5.74) is 2.53. The molecule has 0 aliphatic heterocycles. The zero-order chi connectivity index (χ0) is 16.7. The minimum atomic E-state index is -0.0641. The Hall–Kier alpha value is -2.62. The van der Waals surface area contributed by atoms with Gasteiger partial charge in [-0.2, -0.15) is 0 Å². The van der Waals surface area contributed by atoms with Crippen molar-refractivity contribution >= 4 is 10.9 Å². The van der Waals surface area contributed by atoms with Gasteiger partial charge in [0, 0.05) is 12.0 Å². The van der Waals surface area contributed by atoms with Crippen molar-refractivity contribution in [1.29, 1.82) is 0 Å². The first kappa shape index (κ1) is 14.9. The van der Waals surface area contributed by atoms with Crippen LogP contribution in [0.1, 0.15) is 43.0 Å². The van der Waals surface area contributed by atoms with Crippen molar-refractivity contribution < 1.29 is 5.11 Å². The average molecular weight is 320 g/mol. The number of hydrogen-bond donors (Lipinski definition) is 1. The third-order valence-electron chi connectivity index (χ3n) is 4.89. The van der Waals surface area contributed by atoms with Gasteiger partial charge in [-0.1, -0.05) is 30.5 Å². The molecule has 4 rings (SSSR count). The second kappa shape index (κ2) is 5.78. The van der Waals surface area contributed by atoms with E-state index in [1.54, 1.807) is 22.8 Å². The van der Waals surface area contributed by atoms with Gasteiger partial charge in [0.15, 0.2) is 0 Å². The first-order chi connectivity index (χ1) is 11.6. The van der Waals surface area contributed by atoms with E-state index in [0.29, 0.717) is 16.8 Å². The zero-order valence-corrected chi connectivity index (χ0v) is 13.7. The summed E-state index contributed by atoms with van der Waals surface area (Å²) in [6.45, 7) is 2.03. The molecular weight excluding hydrogens is 300 g/mol. The topological polar surface area (TPSA) is 55.1 Å². The molecule has 0 bridgehead atoms. The second-order valence-corrected chi connectivity index (χ2v) is 6.63. The van der Waals surface area contributed by atoms with E-state index in [2.05, 4.69) is 0 Å². The summed E-state index contributed by atoms with van der Waals surface area (Å²) in [5.74, 6) is 1.25. The molecule has 1 aliphatic rings. The molecule has 4 nitrogen and oxygen atoms in total. The molecule has 0 amide bonds. The maximum atomic E-state index is 13.1. The Morgan fingerprint density at radius 1 is 1.08 bits per heavy atom. The van der Waals surface area contributed by atoms with E-state index < -0.39 is 0 Å². The lowest BCUT2D eigenvalue weighted by Gasteiger charge is -2.18. The molecule has 1 saturated carbocycles. The van der Waals surface area contributed by atoms with Gasteiger partial charge < -0.3 is 5.11 Å². The number of benzene rings is 2. The van der Waals surface area contributed by atoms with E-state index in [0.717, 1.165) is 29.9 Å². The Kier molecular flexibility index (Phi) is 3.60. The van der Waals surface area contributed by atoms with E-state index in [4.69, 9.17) is 4.98 Å². The minimum Gasteiger partial charge on any atom is -0.508 e. The summed E-state index contributed by atoms with van der Waals surface area (Å²) in [5, 5.41) is 10.3. The van der Waals surface area contributed by atoms with Gasteiger partial charge in [-0.15, -0.1) is 0 Å². The predicted octanol–water partition coefficient (Wildman–Crippen LogP) is 4.06. The number of aromatic hydroxyl groups is 1. The number of phenols is 1. The molecule has 0 radical (unpaired) electrons. The number of fused-ring (bicyclic) bond motifs is 1. The van der Waals surface area contributed by atoms with Gasteiger partial charge >= 0.3 is 0 Å². The Bertz CT molecular complexity index is 952. The minimum absolute atomic E-state index is 0.0641. The molecular formula is C20H20N2O2. The van der Waals surface area contributed by atoms with Gasteiger partial charge in [0.2, 0.25) is 0 Å². The van der Waals surface area contributed by atoms with E-state index >= 15 is 0 Å². The largest absolute Gasteiger partial charge is 0.508 e. The highest BCUT2D eigenvalue weighted by Crippen LogP contribution is 2.34. The van der Waals surface area contributed by atoms with E-state index in [-0.39, 0.29) is 11.3 Å². The van der Waals surface area contributed by atoms with Crippen molar-refractivity contribution in [2.45, 2.75) is 38.5 Å². The maximum absolute atomic E-state index is 13.1. The highest BCUT2D eigenvalue weighted by molar-refractivity contribution is 5.79. The van der Waals surface area contributed by atoms with Crippen LogP contribution in [0.3, 0.4) is 0 Å². The number of phenolic OH excluding ortho intramolecular Hbond substituents is 1. The molecule has 0 saturated heterocycles. The molecule has 3 aromatic rings. The monoisotopic (exact) mass is 320 g/mol. The van der Waals surface area contributed by atoms with Crippen molar-refractivity contribution in [2.24, 2.45) is 0 Å². The maximum Gasteiger partial charge on any atom is 0.265 e. The van der Waals surface area contributed by atoms with Crippen molar-refractivity contribution in [1.82, 2.24) is 9.55 Å². The molecule has 1 aromatic heterocycles. The molecule has 0 atom stereocenters. The van der Waals surface area contributed by atoms with Crippen LogP contribution in [-0.2, 0) is 0 Å². The normalized spacial score (nSPS) is 15.2. The molecule has 1 aliphatic carbocycles. The summed E-state index contributed by atoms with van der Waals surface area (Å²) >= 11 is 0. The molecule has 2 aromatic carbocycles. The fourth-order valence-electron chi connectivity index (χ4n) is 3.59. The number of aryl methyl sites for hydroxylation is 1. The van der Waals surface area contributed by atoms with E-state index in [1.807, 2.05) is 31.2 Å². The SMILES string of the molecule is Cc1ccc(-n2c(C3CCCC3)nc3cc(O)ccc3c2=O)cc1. The lowest BCUT2D eigenvalue weighted by Crippen LogP contribution is -2.25. The summed E-state index contributed by atoms with van der Waals surface area (Å²) in [4.78, 5) is 17.9. The highest BCUT2D eigenvalue weighted by atomic mass is 16.3. The van der Waals surface area contributed by atoms with Gasteiger partial charge in [-0.3, -0.25) is 9.36 Å². The van der Waals surface area contributed by atoms with Crippen molar-refractivity contribution in [3.8, 4) is 11.4 Å². The molecule has 4 heteroatoms. The van der Waals surface area contributed by atoms with E-state index in [1.165, 1.54) is 12.8 Å². The molecule has 1 heterocycles. The van der Waals surface area contributed by atoms with Gasteiger partial charge in [-0.25, -0.2) is 4.98 Å². The second-order valence-electron chi connectivity index (χ2n) is 6.63. The van der Waals surface area contributed by atoms with E-state index in [9.17, 15) is 9.90 Å². The van der Waals surface area contributed by atoms with Crippen LogP contribution in [0.4, 0.5) is 0 Å². The fourth-order valence-corrected chi connectivity index (χ4v) is 3.59. The van der Waals surface area contributed by atoms with Gasteiger partial charge in [0.25, 0.3) is 5.56 Å². The molecule has 0 spiro atoms. The molecule has 0 unspecified atom stereocenters. The van der Waals surface area contributed by atoms with Gasteiger partial charge in [0.05, 0.1) is 16.6 Å². The molecule has 1 fully saturated rings. The highest BCUT2D eigenvalue weighted by Gasteiger charge is 2.24. The Morgan fingerprint density at radius 2 is 1.79 bits per heavy atom. The lowest BCUT2D eigenvalue weighted by molar-refractivity contribution is 0.476. The van der Waals surface area contributed by atoms with Crippen LogP contribution >= 0.6 is 0 Å². The Labute approximate surface area is 140 Å².